The van der Waals surface area contributed by atoms with Crippen molar-refractivity contribution in [1.29, 1.82) is 0 Å². The molecule has 124 valence electrons. The Kier molecular flexibility index (Phi) is 4.31. The molecule has 7 heteroatoms. The minimum absolute atomic E-state index is 0.137. The first kappa shape index (κ1) is 16.2. The van der Waals surface area contributed by atoms with Gasteiger partial charge in [0.15, 0.2) is 5.69 Å². The lowest BCUT2D eigenvalue weighted by molar-refractivity contribution is -0.141. The third-order valence-corrected chi connectivity index (χ3v) is 5.10. The van der Waals surface area contributed by atoms with Gasteiger partial charge in [-0.3, -0.25) is 0 Å². The van der Waals surface area contributed by atoms with E-state index in [-0.39, 0.29) is 18.0 Å². The second-order valence-corrected chi connectivity index (χ2v) is 6.90. The van der Waals surface area contributed by atoms with Gasteiger partial charge in [-0.1, -0.05) is 6.07 Å². The van der Waals surface area contributed by atoms with Crippen molar-refractivity contribution in [2.45, 2.75) is 51.4 Å². The Morgan fingerprint density at radius 2 is 1.87 bits per heavy atom. The molecule has 0 amide bonds. The summed E-state index contributed by atoms with van der Waals surface area (Å²) in [7, 11) is 0. The number of nitrogens with zero attached hydrogens (tertiary/aromatic N) is 3. The summed E-state index contributed by atoms with van der Waals surface area (Å²) in [5, 5.41) is 1.83. The van der Waals surface area contributed by atoms with E-state index in [1.807, 2.05) is 24.1 Å². The van der Waals surface area contributed by atoms with E-state index in [1.54, 1.807) is 12.1 Å². The largest absolute Gasteiger partial charge is 0.433 e. The highest BCUT2D eigenvalue weighted by Gasteiger charge is 2.36. The molecule has 1 saturated heterocycles. The lowest BCUT2D eigenvalue weighted by Gasteiger charge is -2.39. The number of aromatic nitrogens is 2. The summed E-state index contributed by atoms with van der Waals surface area (Å²) in [6.07, 6.45) is -1.52. The van der Waals surface area contributed by atoms with Crippen LogP contribution in [0.2, 0.25) is 0 Å². The first-order valence-corrected chi connectivity index (χ1v) is 8.52. The molecule has 0 spiro atoms. The van der Waals surface area contributed by atoms with Crippen molar-refractivity contribution < 1.29 is 13.2 Å². The van der Waals surface area contributed by atoms with Gasteiger partial charge in [-0.25, -0.2) is 9.97 Å². The van der Waals surface area contributed by atoms with Gasteiger partial charge in [0.2, 0.25) is 5.95 Å². The van der Waals surface area contributed by atoms with Gasteiger partial charge in [-0.05, 0) is 50.6 Å². The van der Waals surface area contributed by atoms with Crippen molar-refractivity contribution in [2.75, 3.05) is 4.90 Å². The van der Waals surface area contributed by atoms with Crippen molar-refractivity contribution in [3.05, 3.63) is 29.3 Å². The summed E-state index contributed by atoms with van der Waals surface area (Å²) in [5.41, 5.74) is -0.543. The maximum Gasteiger partial charge on any atom is 0.433 e. The van der Waals surface area contributed by atoms with Gasteiger partial charge in [-0.2, -0.15) is 13.2 Å². The fourth-order valence-electron chi connectivity index (χ4n) is 3.06. The third kappa shape index (κ3) is 3.34. The molecule has 23 heavy (non-hydrogen) atoms. The minimum atomic E-state index is -4.48. The van der Waals surface area contributed by atoms with Crippen LogP contribution < -0.4 is 4.90 Å². The third-order valence-electron chi connectivity index (χ3n) is 4.20. The zero-order valence-electron chi connectivity index (χ0n) is 13.0. The monoisotopic (exact) mass is 341 g/mol. The molecular formula is C16H18F3N3S. The fourth-order valence-corrected chi connectivity index (χ4v) is 3.75. The van der Waals surface area contributed by atoms with Crippen LogP contribution in [0.4, 0.5) is 19.1 Å². The molecule has 3 nitrogen and oxygen atoms in total. The van der Waals surface area contributed by atoms with Crippen molar-refractivity contribution >= 4 is 17.3 Å². The molecule has 1 fully saturated rings. The predicted octanol–water partition coefficient (Wildman–Crippen LogP) is 4.99. The number of alkyl halides is 3. The van der Waals surface area contributed by atoms with Gasteiger partial charge < -0.3 is 4.90 Å². The molecule has 0 saturated carbocycles. The summed E-state index contributed by atoms with van der Waals surface area (Å²) in [6, 6.07) is 4.90. The average Bonchev–Trinajstić information content (AvgIpc) is 3.00. The maximum atomic E-state index is 13.2. The maximum absolute atomic E-state index is 13.2. The molecular weight excluding hydrogens is 323 g/mol. The number of thiophene rings is 1. The zero-order chi connectivity index (χ0) is 16.6. The normalized spacial score (nSPS) is 22.4. The highest BCUT2D eigenvalue weighted by molar-refractivity contribution is 7.13. The first-order chi connectivity index (χ1) is 10.9. The molecule has 0 radical (unpaired) electrons. The zero-order valence-corrected chi connectivity index (χ0v) is 13.8. The van der Waals surface area contributed by atoms with E-state index < -0.39 is 11.9 Å². The first-order valence-electron chi connectivity index (χ1n) is 7.65. The molecule has 2 unspecified atom stereocenters. The van der Waals surface area contributed by atoms with Crippen LogP contribution in [0.15, 0.2) is 23.6 Å². The van der Waals surface area contributed by atoms with Crippen LogP contribution in [0.25, 0.3) is 10.6 Å². The van der Waals surface area contributed by atoms with Gasteiger partial charge in [0.25, 0.3) is 0 Å². The smallest absolute Gasteiger partial charge is 0.335 e. The summed E-state index contributed by atoms with van der Waals surface area (Å²) < 4.78 is 39.7. The molecule has 0 N–H and O–H groups in total. The lowest BCUT2D eigenvalue weighted by Crippen LogP contribution is -2.45. The molecule has 1 aliphatic rings. The molecule has 2 atom stereocenters. The highest BCUT2D eigenvalue weighted by atomic mass is 32.1. The van der Waals surface area contributed by atoms with Gasteiger partial charge in [-0.15, -0.1) is 11.3 Å². The van der Waals surface area contributed by atoms with Gasteiger partial charge >= 0.3 is 6.18 Å². The number of hydrogen-bond acceptors (Lipinski definition) is 4. The SMILES string of the molecule is CC1CCCC(C)N1c1nc(-c2cccs2)cc(C(F)(F)F)n1. The van der Waals surface area contributed by atoms with Crippen LogP contribution in [-0.4, -0.2) is 22.1 Å². The Bertz CT molecular complexity index is 660. The molecule has 3 heterocycles. The van der Waals surface area contributed by atoms with E-state index in [2.05, 4.69) is 9.97 Å². The van der Waals surface area contributed by atoms with Gasteiger partial charge in [0.1, 0.15) is 0 Å². The van der Waals surface area contributed by atoms with E-state index in [0.717, 1.165) is 30.2 Å². The van der Waals surface area contributed by atoms with Gasteiger partial charge in [0, 0.05) is 12.1 Å². The van der Waals surface area contributed by atoms with Crippen molar-refractivity contribution in [1.82, 2.24) is 9.97 Å². The average molecular weight is 341 g/mol. The topological polar surface area (TPSA) is 29.0 Å². The van der Waals surface area contributed by atoms with Crippen molar-refractivity contribution in [3.63, 3.8) is 0 Å². The van der Waals surface area contributed by atoms with E-state index in [4.69, 9.17) is 0 Å². The Balaban J connectivity index is 2.10. The molecule has 2 aromatic heterocycles. The van der Waals surface area contributed by atoms with Crippen LogP contribution in [0.3, 0.4) is 0 Å². The number of rotatable bonds is 2. The van der Waals surface area contributed by atoms with Crippen LogP contribution in [0.1, 0.15) is 38.8 Å². The Morgan fingerprint density at radius 3 is 2.43 bits per heavy atom. The second kappa shape index (κ2) is 6.11. The second-order valence-electron chi connectivity index (χ2n) is 5.95. The minimum Gasteiger partial charge on any atom is -0.335 e. The van der Waals surface area contributed by atoms with Crippen LogP contribution in [0.5, 0.6) is 0 Å². The van der Waals surface area contributed by atoms with E-state index in [0.29, 0.717) is 5.69 Å². The van der Waals surface area contributed by atoms with Crippen LogP contribution >= 0.6 is 11.3 Å². The molecule has 3 rings (SSSR count). The van der Waals surface area contributed by atoms with Crippen molar-refractivity contribution in [2.24, 2.45) is 0 Å². The summed E-state index contributed by atoms with van der Waals surface area (Å²) in [5.74, 6) is 0.183. The van der Waals surface area contributed by atoms with E-state index >= 15 is 0 Å². The number of piperidine rings is 1. The molecule has 0 aromatic carbocycles. The van der Waals surface area contributed by atoms with E-state index in [1.165, 1.54) is 11.3 Å². The summed E-state index contributed by atoms with van der Waals surface area (Å²) in [6.45, 7) is 4.04. The number of halogens is 3. The van der Waals surface area contributed by atoms with Crippen molar-refractivity contribution in [3.8, 4) is 10.6 Å². The lowest BCUT2D eigenvalue weighted by atomic mass is 9.98. The van der Waals surface area contributed by atoms with Crippen LogP contribution in [0, 0.1) is 0 Å². The molecule has 0 aliphatic carbocycles. The highest BCUT2D eigenvalue weighted by Crippen LogP contribution is 2.35. The Hall–Kier alpha value is -1.63. The number of hydrogen-bond donors (Lipinski definition) is 0. The van der Waals surface area contributed by atoms with E-state index in [9.17, 15) is 13.2 Å². The molecule has 1 aliphatic heterocycles. The van der Waals surface area contributed by atoms with Gasteiger partial charge in [0.05, 0.1) is 10.6 Å². The Morgan fingerprint density at radius 1 is 1.17 bits per heavy atom. The predicted molar refractivity (Wildman–Crippen MR) is 85.6 cm³/mol. The quantitative estimate of drug-likeness (QED) is 0.770. The summed E-state index contributed by atoms with van der Waals surface area (Å²) in [4.78, 5) is 10.9. The number of anilines is 1. The Labute approximate surface area is 137 Å². The standard InChI is InChI=1S/C16H18F3N3S/c1-10-5-3-6-11(2)22(10)15-20-12(13-7-4-8-23-13)9-14(21-15)16(17,18)19/h4,7-11H,3,5-6H2,1-2H3. The molecule has 2 aromatic rings. The van der Waals surface area contributed by atoms with Crippen LogP contribution in [-0.2, 0) is 6.18 Å². The molecule has 0 bridgehead atoms. The summed E-state index contributed by atoms with van der Waals surface area (Å²) >= 11 is 1.38. The fraction of sp³-hybridized carbons (Fsp3) is 0.500.